The van der Waals surface area contributed by atoms with Crippen LogP contribution in [0, 0.1) is 6.92 Å². The van der Waals surface area contributed by atoms with Gasteiger partial charge in [-0.3, -0.25) is 10.1 Å². The number of carbonyl (C=O) groups is 1. The highest BCUT2D eigenvalue weighted by atomic mass is 32.1. The van der Waals surface area contributed by atoms with Gasteiger partial charge in [0, 0.05) is 11.1 Å². The molecule has 0 radical (unpaired) electrons. The molecule has 0 unspecified atom stereocenters. The topological polar surface area (TPSA) is 64.1 Å². The highest BCUT2D eigenvalue weighted by molar-refractivity contribution is 7.18. The fraction of sp³-hybridized carbons (Fsp3) is 0.167. The number of ether oxygens (including phenoxy) is 1. The van der Waals surface area contributed by atoms with E-state index in [0.29, 0.717) is 23.1 Å². The predicted octanol–water partition coefficient (Wildman–Crippen LogP) is 4.16. The molecule has 0 aliphatic rings. The molecule has 122 valence electrons. The van der Waals surface area contributed by atoms with Crippen LogP contribution in [-0.4, -0.2) is 22.7 Å². The maximum absolute atomic E-state index is 12.4. The van der Waals surface area contributed by atoms with Crippen molar-refractivity contribution in [1.29, 1.82) is 0 Å². The van der Waals surface area contributed by atoms with Crippen molar-refractivity contribution in [3.05, 3.63) is 59.7 Å². The summed E-state index contributed by atoms with van der Waals surface area (Å²) < 4.78 is 5.42. The van der Waals surface area contributed by atoms with Crippen LogP contribution in [-0.2, 0) is 0 Å². The number of hydrogen-bond donors (Lipinski definition) is 1. The second kappa shape index (κ2) is 7.23. The lowest BCUT2D eigenvalue weighted by Gasteiger charge is -2.05. The largest absolute Gasteiger partial charge is 0.494 e. The van der Waals surface area contributed by atoms with Gasteiger partial charge in [0.05, 0.1) is 6.61 Å². The Bertz CT molecular complexity index is 861. The van der Waals surface area contributed by atoms with Gasteiger partial charge in [0.1, 0.15) is 10.8 Å². The molecular weight excluding hydrogens is 322 g/mol. The first-order valence-corrected chi connectivity index (χ1v) is 8.42. The standard InChI is InChI=1S/C18H17N3O2S/c1-3-23-14-9-6-8-13(11-14)16(22)19-18-21-20-17(24-18)15-10-5-4-7-12(15)2/h4-11H,3H2,1-2H3,(H,19,21,22). The van der Waals surface area contributed by atoms with Gasteiger partial charge in [-0.25, -0.2) is 0 Å². The molecule has 0 saturated heterocycles. The van der Waals surface area contributed by atoms with Gasteiger partial charge in [0.25, 0.3) is 5.91 Å². The minimum Gasteiger partial charge on any atom is -0.494 e. The first kappa shape index (κ1) is 16.1. The number of hydrogen-bond acceptors (Lipinski definition) is 5. The first-order valence-electron chi connectivity index (χ1n) is 7.61. The normalized spacial score (nSPS) is 10.4. The van der Waals surface area contributed by atoms with E-state index >= 15 is 0 Å². The maximum atomic E-state index is 12.4. The van der Waals surface area contributed by atoms with Crippen molar-refractivity contribution < 1.29 is 9.53 Å². The summed E-state index contributed by atoms with van der Waals surface area (Å²) in [6, 6.07) is 15.0. The van der Waals surface area contributed by atoms with Crippen molar-refractivity contribution in [3.8, 4) is 16.3 Å². The second-order valence-electron chi connectivity index (χ2n) is 5.14. The zero-order chi connectivity index (χ0) is 16.9. The molecule has 24 heavy (non-hydrogen) atoms. The van der Waals surface area contributed by atoms with E-state index in [4.69, 9.17) is 4.74 Å². The van der Waals surface area contributed by atoms with Crippen LogP contribution < -0.4 is 10.1 Å². The number of aromatic nitrogens is 2. The molecule has 1 N–H and O–H groups in total. The number of nitrogens with one attached hydrogen (secondary N) is 1. The number of amides is 1. The van der Waals surface area contributed by atoms with Gasteiger partial charge in [-0.15, -0.1) is 10.2 Å². The molecule has 0 aliphatic carbocycles. The summed E-state index contributed by atoms with van der Waals surface area (Å²) in [6.07, 6.45) is 0. The van der Waals surface area contributed by atoms with E-state index in [9.17, 15) is 4.79 Å². The van der Waals surface area contributed by atoms with E-state index in [2.05, 4.69) is 15.5 Å². The Morgan fingerprint density at radius 3 is 2.79 bits per heavy atom. The molecule has 5 nitrogen and oxygen atoms in total. The van der Waals surface area contributed by atoms with Crippen molar-refractivity contribution in [1.82, 2.24) is 10.2 Å². The lowest BCUT2D eigenvalue weighted by Crippen LogP contribution is -2.11. The number of anilines is 1. The van der Waals surface area contributed by atoms with E-state index in [1.165, 1.54) is 11.3 Å². The molecule has 3 aromatic rings. The Morgan fingerprint density at radius 1 is 1.17 bits per heavy atom. The van der Waals surface area contributed by atoms with Gasteiger partial charge >= 0.3 is 0 Å². The maximum Gasteiger partial charge on any atom is 0.257 e. The Morgan fingerprint density at radius 2 is 2.00 bits per heavy atom. The van der Waals surface area contributed by atoms with E-state index < -0.39 is 0 Å². The van der Waals surface area contributed by atoms with Crippen LogP contribution in [0.4, 0.5) is 5.13 Å². The molecule has 1 aromatic heterocycles. The third-order valence-electron chi connectivity index (χ3n) is 3.43. The predicted molar refractivity (Wildman–Crippen MR) is 95.6 cm³/mol. The fourth-order valence-corrected chi connectivity index (χ4v) is 3.09. The quantitative estimate of drug-likeness (QED) is 0.758. The minimum atomic E-state index is -0.232. The molecule has 2 aromatic carbocycles. The summed E-state index contributed by atoms with van der Waals surface area (Å²) >= 11 is 1.35. The average Bonchev–Trinajstić information content (AvgIpc) is 3.04. The molecule has 1 heterocycles. The van der Waals surface area contributed by atoms with Gasteiger partial charge < -0.3 is 4.74 Å². The molecule has 0 aliphatic heterocycles. The summed E-state index contributed by atoms with van der Waals surface area (Å²) in [6.45, 7) is 4.48. The minimum absolute atomic E-state index is 0.232. The average molecular weight is 339 g/mol. The molecule has 0 spiro atoms. The van der Waals surface area contributed by atoms with E-state index in [0.717, 1.165) is 16.1 Å². The molecule has 3 rings (SSSR count). The van der Waals surface area contributed by atoms with Gasteiger partial charge in [0.15, 0.2) is 0 Å². The summed E-state index contributed by atoms with van der Waals surface area (Å²) in [4.78, 5) is 12.4. The van der Waals surface area contributed by atoms with Gasteiger partial charge in [-0.05, 0) is 37.6 Å². The van der Waals surface area contributed by atoms with Gasteiger partial charge in [-0.1, -0.05) is 41.7 Å². The summed E-state index contributed by atoms with van der Waals surface area (Å²) in [7, 11) is 0. The lowest BCUT2D eigenvalue weighted by atomic mass is 10.1. The molecule has 0 bridgehead atoms. The number of carbonyl (C=O) groups excluding carboxylic acids is 1. The van der Waals surface area contributed by atoms with Crippen LogP contribution in [0.1, 0.15) is 22.8 Å². The van der Waals surface area contributed by atoms with Crippen molar-refractivity contribution in [2.75, 3.05) is 11.9 Å². The number of rotatable bonds is 5. The van der Waals surface area contributed by atoms with E-state index in [-0.39, 0.29) is 5.91 Å². The highest BCUT2D eigenvalue weighted by Crippen LogP contribution is 2.28. The van der Waals surface area contributed by atoms with Crippen molar-refractivity contribution in [2.45, 2.75) is 13.8 Å². The van der Waals surface area contributed by atoms with Crippen LogP contribution in [0.3, 0.4) is 0 Å². The third-order valence-corrected chi connectivity index (χ3v) is 4.30. The summed E-state index contributed by atoms with van der Waals surface area (Å²) in [5.74, 6) is 0.437. The molecule has 6 heteroatoms. The Kier molecular flexibility index (Phi) is 4.86. The molecule has 0 atom stereocenters. The van der Waals surface area contributed by atoms with E-state index in [1.54, 1.807) is 18.2 Å². The zero-order valence-corrected chi connectivity index (χ0v) is 14.3. The number of aryl methyl sites for hydroxylation is 1. The Balaban J connectivity index is 1.76. The second-order valence-corrected chi connectivity index (χ2v) is 6.12. The van der Waals surface area contributed by atoms with E-state index in [1.807, 2.05) is 44.2 Å². The smallest absolute Gasteiger partial charge is 0.257 e. The molecule has 0 fully saturated rings. The zero-order valence-electron chi connectivity index (χ0n) is 13.4. The lowest BCUT2D eigenvalue weighted by molar-refractivity contribution is 0.102. The number of benzene rings is 2. The SMILES string of the molecule is CCOc1cccc(C(=O)Nc2nnc(-c3ccccc3C)s2)c1. The van der Waals surface area contributed by atoms with Crippen LogP contribution in [0.15, 0.2) is 48.5 Å². The monoisotopic (exact) mass is 339 g/mol. The Labute approximate surface area is 144 Å². The van der Waals surface area contributed by atoms with Crippen molar-refractivity contribution in [3.63, 3.8) is 0 Å². The molecular formula is C18H17N3O2S. The fourth-order valence-electron chi connectivity index (χ4n) is 2.26. The van der Waals surface area contributed by atoms with Crippen LogP contribution in [0.5, 0.6) is 5.75 Å². The first-order chi connectivity index (χ1) is 11.7. The third kappa shape index (κ3) is 3.60. The summed E-state index contributed by atoms with van der Waals surface area (Å²) in [5.41, 5.74) is 2.67. The number of nitrogens with zero attached hydrogens (tertiary/aromatic N) is 2. The van der Waals surface area contributed by atoms with Crippen molar-refractivity contribution >= 4 is 22.4 Å². The molecule has 0 saturated carbocycles. The van der Waals surface area contributed by atoms with Gasteiger partial charge in [-0.2, -0.15) is 0 Å². The van der Waals surface area contributed by atoms with Crippen molar-refractivity contribution in [2.24, 2.45) is 0 Å². The van der Waals surface area contributed by atoms with Crippen LogP contribution in [0.25, 0.3) is 10.6 Å². The molecule has 1 amide bonds. The van der Waals surface area contributed by atoms with Crippen LogP contribution >= 0.6 is 11.3 Å². The highest BCUT2D eigenvalue weighted by Gasteiger charge is 2.12. The van der Waals surface area contributed by atoms with Gasteiger partial charge in [0.2, 0.25) is 5.13 Å². The summed E-state index contributed by atoms with van der Waals surface area (Å²) in [5, 5.41) is 12.3. The Hall–Kier alpha value is -2.73. The van der Waals surface area contributed by atoms with Crippen LogP contribution in [0.2, 0.25) is 0 Å².